The van der Waals surface area contributed by atoms with Crippen LogP contribution in [0.5, 0.6) is 0 Å². The molecular weight excluding hydrogens is 368 g/mol. The molecule has 9 heteroatoms. The van der Waals surface area contributed by atoms with Crippen molar-refractivity contribution in [2.24, 2.45) is 5.92 Å². The number of carboxylic acids is 1. The van der Waals surface area contributed by atoms with E-state index in [1.807, 2.05) is 0 Å². The number of hydrogen-bond acceptors (Lipinski definition) is 4. The van der Waals surface area contributed by atoms with Gasteiger partial charge in [0.25, 0.3) is 0 Å². The van der Waals surface area contributed by atoms with Gasteiger partial charge in [-0.1, -0.05) is 25.4 Å². The van der Waals surface area contributed by atoms with Crippen LogP contribution in [0.15, 0.2) is 29.2 Å². The second kappa shape index (κ2) is 8.16. The highest BCUT2D eigenvalue weighted by Gasteiger charge is 2.34. The molecule has 0 saturated heterocycles. The Morgan fingerprint density at radius 2 is 1.72 bits per heavy atom. The molecule has 140 valence electrons. The summed E-state index contributed by atoms with van der Waals surface area (Å²) < 4.78 is 26.9. The first kappa shape index (κ1) is 21.4. The average molecular weight is 391 g/mol. The number of carboxylic acid groups (broad SMARTS) is 1. The van der Waals surface area contributed by atoms with Crippen LogP contribution in [0.1, 0.15) is 34.1 Å². The Labute approximate surface area is 152 Å². The molecule has 3 N–H and O–H groups in total. The average Bonchev–Trinajstić information content (AvgIpc) is 2.45. The molecule has 0 bridgehead atoms. The quantitative estimate of drug-likeness (QED) is 0.628. The molecule has 2 atom stereocenters. The van der Waals surface area contributed by atoms with E-state index in [1.165, 1.54) is 31.2 Å². The van der Waals surface area contributed by atoms with Crippen LogP contribution in [-0.2, 0) is 19.6 Å². The Bertz CT molecular complexity index is 733. The Kier molecular flexibility index (Phi) is 6.99. The first-order valence-corrected chi connectivity index (χ1v) is 9.55. The minimum absolute atomic E-state index is 0.0197. The smallest absolute Gasteiger partial charge is 0.305 e. The van der Waals surface area contributed by atoms with E-state index >= 15 is 0 Å². The number of carbonyl (C=O) groups excluding carboxylic acids is 1. The van der Waals surface area contributed by atoms with Gasteiger partial charge in [-0.15, -0.1) is 0 Å². The lowest BCUT2D eigenvalue weighted by molar-refractivity contribution is -0.139. The molecule has 7 nitrogen and oxygen atoms in total. The van der Waals surface area contributed by atoms with Gasteiger partial charge in [0.2, 0.25) is 15.9 Å². The van der Waals surface area contributed by atoms with E-state index in [1.54, 1.807) is 20.8 Å². The van der Waals surface area contributed by atoms with Crippen LogP contribution in [0.2, 0.25) is 5.02 Å². The summed E-state index contributed by atoms with van der Waals surface area (Å²) in [6.45, 7) is 6.58. The molecule has 0 radical (unpaired) electrons. The fourth-order valence-corrected chi connectivity index (χ4v) is 3.39. The van der Waals surface area contributed by atoms with Gasteiger partial charge in [0.05, 0.1) is 22.9 Å². The van der Waals surface area contributed by atoms with Crippen molar-refractivity contribution in [1.82, 2.24) is 10.0 Å². The molecule has 0 saturated carbocycles. The van der Waals surface area contributed by atoms with E-state index < -0.39 is 33.5 Å². The number of rotatable bonds is 8. The monoisotopic (exact) mass is 390 g/mol. The first-order chi connectivity index (χ1) is 11.4. The van der Waals surface area contributed by atoms with Crippen LogP contribution in [0.3, 0.4) is 0 Å². The largest absolute Gasteiger partial charge is 0.481 e. The normalized spacial score (nSPS) is 15.4. The highest BCUT2D eigenvalue weighted by molar-refractivity contribution is 7.89. The maximum atomic E-state index is 12.4. The zero-order chi connectivity index (χ0) is 19.4. The minimum atomic E-state index is -3.91. The SMILES string of the molecule is CC(NS(=O)(=O)c1ccc(Cl)cc1)C(=O)NC(C)(CC(=O)O)C(C)C. The molecule has 1 aromatic rings. The number of benzene rings is 1. The molecule has 0 aliphatic rings. The summed E-state index contributed by atoms with van der Waals surface area (Å²) in [5.74, 6) is -1.81. The van der Waals surface area contributed by atoms with Crippen LogP contribution >= 0.6 is 11.6 Å². The molecule has 25 heavy (non-hydrogen) atoms. The number of hydrogen-bond donors (Lipinski definition) is 3. The number of aliphatic carboxylic acids is 1. The molecular formula is C16H23ClN2O5S. The highest BCUT2D eigenvalue weighted by Crippen LogP contribution is 2.21. The molecule has 1 amide bonds. The van der Waals surface area contributed by atoms with Crippen LogP contribution < -0.4 is 10.0 Å². The molecule has 0 fully saturated rings. The predicted octanol–water partition coefficient (Wildman–Crippen LogP) is 2.01. The van der Waals surface area contributed by atoms with Gasteiger partial charge in [-0.05, 0) is 44.0 Å². The number of sulfonamides is 1. The third-order valence-corrected chi connectivity index (χ3v) is 5.86. The summed E-state index contributed by atoms with van der Waals surface area (Å²) in [7, 11) is -3.91. The zero-order valence-electron chi connectivity index (χ0n) is 14.5. The Morgan fingerprint density at radius 3 is 2.16 bits per heavy atom. The third-order valence-electron chi connectivity index (χ3n) is 4.05. The van der Waals surface area contributed by atoms with Gasteiger partial charge in [0.15, 0.2) is 0 Å². The van der Waals surface area contributed by atoms with E-state index in [4.69, 9.17) is 16.7 Å². The molecule has 2 unspecified atom stereocenters. The molecule has 0 aliphatic carbocycles. The minimum Gasteiger partial charge on any atom is -0.481 e. The van der Waals surface area contributed by atoms with Crippen LogP contribution in [-0.4, -0.2) is 37.0 Å². The molecule has 0 heterocycles. The van der Waals surface area contributed by atoms with Gasteiger partial charge in [-0.3, -0.25) is 9.59 Å². The van der Waals surface area contributed by atoms with E-state index in [0.29, 0.717) is 5.02 Å². The molecule has 0 spiro atoms. The fraction of sp³-hybridized carbons (Fsp3) is 0.500. The van der Waals surface area contributed by atoms with Crippen LogP contribution in [0.25, 0.3) is 0 Å². The van der Waals surface area contributed by atoms with Gasteiger partial charge >= 0.3 is 5.97 Å². The van der Waals surface area contributed by atoms with E-state index in [-0.39, 0.29) is 17.2 Å². The van der Waals surface area contributed by atoms with Crippen LogP contribution in [0.4, 0.5) is 0 Å². The lowest BCUT2D eigenvalue weighted by Gasteiger charge is -2.34. The van der Waals surface area contributed by atoms with Crippen molar-refractivity contribution in [2.45, 2.75) is 50.6 Å². The summed E-state index contributed by atoms with van der Waals surface area (Å²) in [4.78, 5) is 23.4. The lowest BCUT2D eigenvalue weighted by Crippen LogP contribution is -2.56. The number of halogens is 1. The van der Waals surface area contributed by atoms with Crippen molar-refractivity contribution < 1.29 is 23.1 Å². The maximum Gasteiger partial charge on any atom is 0.305 e. The molecule has 1 rings (SSSR count). The predicted molar refractivity (Wildman–Crippen MR) is 94.9 cm³/mol. The van der Waals surface area contributed by atoms with Gasteiger partial charge < -0.3 is 10.4 Å². The van der Waals surface area contributed by atoms with Crippen molar-refractivity contribution in [2.75, 3.05) is 0 Å². The first-order valence-electron chi connectivity index (χ1n) is 7.69. The lowest BCUT2D eigenvalue weighted by atomic mass is 9.85. The zero-order valence-corrected chi connectivity index (χ0v) is 16.1. The van der Waals surface area contributed by atoms with Gasteiger partial charge in [-0.25, -0.2) is 8.42 Å². The van der Waals surface area contributed by atoms with Crippen molar-refractivity contribution in [1.29, 1.82) is 0 Å². The Morgan fingerprint density at radius 1 is 1.20 bits per heavy atom. The van der Waals surface area contributed by atoms with Gasteiger partial charge in [0, 0.05) is 5.02 Å². The molecule has 0 aromatic heterocycles. The van der Waals surface area contributed by atoms with Gasteiger partial charge in [-0.2, -0.15) is 4.72 Å². The topological polar surface area (TPSA) is 113 Å². The van der Waals surface area contributed by atoms with Crippen molar-refractivity contribution in [3.63, 3.8) is 0 Å². The fourth-order valence-electron chi connectivity index (χ4n) is 2.06. The van der Waals surface area contributed by atoms with E-state index in [0.717, 1.165) is 0 Å². The number of amides is 1. The Balaban J connectivity index is 2.88. The third kappa shape index (κ3) is 5.98. The molecule has 0 aliphatic heterocycles. The van der Waals surface area contributed by atoms with Crippen LogP contribution in [0, 0.1) is 5.92 Å². The van der Waals surface area contributed by atoms with E-state index in [2.05, 4.69) is 10.0 Å². The van der Waals surface area contributed by atoms with Gasteiger partial charge in [0.1, 0.15) is 0 Å². The standard InChI is InChI=1S/C16H23ClN2O5S/c1-10(2)16(4,9-14(20)21)18-15(22)11(3)19-25(23,24)13-7-5-12(17)6-8-13/h5-8,10-11,19H,9H2,1-4H3,(H,18,22)(H,20,21). The summed E-state index contributed by atoms with van der Waals surface area (Å²) in [6.07, 6.45) is -0.271. The van der Waals surface area contributed by atoms with Crippen molar-refractivity contribution in [3.8, 4) is 0 Å². The maximum absolute atomic E-state index is 12.4. The van der Waals surface area contributed by atoms with Crippen molar-refractivity contribution in [3.05, 3.63) is 29.3 Å². The Hall–Kier alpha value is -1.64. The second-order valence-corrected chi connectivity index (χ2v) is 8.58. The second-order valence-electron chi connectivity index (χ2n) is 6.43. The summed E-state index contributed by atoms with van der Waals surface area (Å²) in [5.41, 5.74) is -0.997. The summed E-state index contributed by atoms with van der Waals surface area (Å²) >= 11 is 5.73. The summed E-state index contributed by atoms with van der Waals surface area (Å²) in [6, 6.07) is 4.45. The van der Waals surface area contributed by atoms with Crippen molar-refractivity contribution >= 4 is 33.5 Å². The number of nitrogens with one attached hydrogen (secondary N) is 2. The molecule has 1 aromatic carbocycles. The number of carbonyl (C=O) groups is 2. The van der Waals surface area contributed by atoms with E-state index in [9.17, 15) is 18.0 Å². The highest BCUT2D eigenvalue weighted by atomic mass is 35.5. The summed E-state index contributed by atoms with van der Waals surface area (Å²) in [5, 5.41) is 12.1.